The van der Waals surface area contributed by atoms with Crippen LogP contribution < -0.4 is 15.0 Å². The number of anilines is 1. The molecule has 0 aromatic heterocycles. The quantitative estimate of drug-likeness (QED) is 0.668. The molecule has 0 radical (unpaired) electrons. The van der Waals surface area contributed by atoms with E-state index in [9.17, 15) is 0 Å². The van der Waals surface area contributed by atoms with E-state index in [-0.39, 0.29) is 0 Å². The summed E-state index contributed by atoms with van der Waals surface area (Å²) in [6.07, 6.45) is 1.04. The fourth-order valence-corrected chi connectivity index (χ4v) is 1.99. The number of hydrogen-bond donors (Lipinski definition) is 1. The van der Waals surface area contributed by atoms with Crippen LogP contribution in [0.5, 0.6) is 5.75 Å². The second kappa shape index (κ2) is 9.61. The highest BCUT2D eigenvalue weighted by Crippen LogP contribution is 2.28. The monoisotopic (exact) mass is 280 g/mol. The average Bonchev–Trinajstić information content (AvgIpc) is 2.43. The lowest BCUT2D eigenvalue weighted by atomic mass is 10.1. The number of nitrogens with zero attached hydrogens (tertiary/aromatic N) is 1. The predicted octanol–water partition coefficient (Wildman–Crippen LogP) is 2.67. The first-order valence-electron chi connectivity index (χ1n) is 7.40. The van der Waals surface area contributed by atoms with Crippen molar-refractivity contribution in [1.82, 2.24) is 5.32 Å². The topological polar surface area (TPSA) is 33.7 Å². The van der Waals surface area contributed by atoms with Gasteiger partial charge in [-0.3, -0.25) is 0 Å². The minimum atomic E-state index is 0.687. The summed E-state index contributed by atoms with van der Waals surface area (Å²) in [4.78, 5) is 2.07. The number of ether oxygens (including phenoxy) is 2. The van der Waals surface area contributed by atoms with Gasteiger partial charge in [0.2, 0.25) is 0 Å². The molecule has 114 valence electrons. The zero-order valence-corrected chi connectivity index (χ0v) is 13.2. The lowest BCUT2D eigenvalue weighted by molar-refractivity contribution is 0.144. The van der Waals surface area contributed by atoms with Gasteiger partial charge in [0, 0.05) is 33.9 Å². The molecule has 0 spiro atoms. The van der Waals surface area contributed by atoms with E-state index in [0.717, 1.165) is 44.2 Å². The van der Waals surface area contributed by atoms with Gasteiger partial charge in [0.25, 0.3) is 0 Å². The Labute approximate surface area is 123 Å². The first kappa shape index (κ1) is 16.8. The van der Waals surface area contributed by atoms with Crippen molar-refractivity contribution in [3.63, 3.8) is 0 Å². The van der Waals surface area contributed by atoms with Crippen molar-refractivity contribution >= 4 is 5.69 Å². The van der Waals surface area contributed by atoms with Gasteiger partial charge in [0.05, 0.1) is 12.3 Å². The van der Waals surface area contributed by atoms with E-state index in [1.807, 2.05) is 27.9 Å². The molecule has 1 aromatic rings. The normalized spacial score (nSPS) is 10.6. The summed E-state index contributed by atoms with van der Waals surface area (Å²) < 4.78 is 11.0. The number of benzene rings is 1. The summed E-state index contributed by atoms with van der Waals surface area (Å²) in [7, 11) is 4.06. The van der Waals surface area contributed by atoms with Gasteiger partial charge in [-0.1, -0.05) is 6.07 Å². The Bertz CT molecular complexity index is 381. The molecule has 4 heteroatoms. The van der Waals surface area contributed by atoms with Crippen LogP contribution in [0.4, 0.5) is 5.69 Å². The van der Waals surface area contributed by atoms with E-state index in [1.54, 1.807) is 0 Å². The summed E-state index contributed by atoms with van der Waals surface area (Å²) in [5.74, 6) is 0.950. The van der Waals surface area contributed by atoms with Gasteiger partial charge in [-0.15, -0.1) is 0 Å². The average molecular weight is 280 g/mol. The molecule has 1 N–H and O–H groups in total. The molecule has 0 bridgehead atoms. The molecule has 0 saturated heterocycles. The number of hydrogen-bond acceptors (Lipinski definition) is 4. The molecule has 0 amide bonds. The van der Waals surface area contributed by atoms with Crippen LogP contribution in [0.2, 0.25) is 0 Å². The van der Waals surface area contributed by atoms with Crippen LogP contribution >= 0.6 is 0 Å². The van der Waals surface area contributed by atoms with Crippen LogP contribution in [0.1, 0.15) is 25.8 Å². The van der Waals surface area contributed by atoms with Gasteiger partial charge in [0.1, 0.15) is 5.75 Å². The molecule has 4 nitrogen and oxygen atoms in total. The molecule has 0 saturated carbocycles. The molecule has 0 aliphatic rings. The van der Waals surface area contributed by atoms with Crippen LogP contribution in [0.15, 0.2) is 18.2 Å². The third-order valence-corrected chi connectivity index (χ3v) is 2.98. The van der Waals surface area contributed by atoms with E-state index >= 15 is 0 Å². The summed E-state index contributed by atoms with van der Waals surface area (Å²) >= 11 is 0. The zero-order chi connectivity index (χ0) is 14.8. The van der Waals surface area contributed by atoms with Crippen LogP contribution in [0.3, 0.4) is 0 Å². The molecule has 20 heavy (non-hydrogen) atoms. The molecule has 0 unspecified atom stereocenters. The molecule has 0 fully saturated rings. The number of nitrogens with one attached hydrogen (secondary N) is 1. The van der Waals surface area contributed by atoms with Crippen molar-refractivity contribution in [3.8, 4) is 5.75 Å². The second-order valence-corrected chi connectivity index (χ2v) is 4.86. The van der Waals surface area contributed by atoms with Crippen molar-refractivity contribution in [3.05, 3.63) is 23.8 Å². The zero-order valence-electron chi connectivity index (χ0n) is 13.2. The van der Waals surface area contributed by atoms with Gasteiger partial charge in [-0.2, -0.15) is 0 Å². The van der Waals surface area contributed by atoms with Crippen molar-refractivity contribution in [2.24, 2.45) is 0 Å². The Kier molecular flexibility index (Phi) is 8.07. The molecule has 0 heterocycles. The Morgan fingerprint density at radius 2 is 1.95 bits per heavy atom. The van der Waals surface area contributed by atoms with Crippen LogP contribution in [0.25, 0.3) is 0 Å². The van der Waals surface area contributed by atoms with Crippen molar-refractivity contribution in [2.75, 3.05) is 45.4 Å². The standard InChI is InChI=1S/C16H28N2O2/c1-5-19-11-7-10-17-13-14-8-9-15(18(3)4)16(12-14)20-6-2/h8-9,12,17H,5-7,10-11,13H2,1-4H3. The SMILES string of the molecule is CCOCCCNCc1ccc(N(C)C)c(OCC)c1. The van der Waals surface area contributed by atoms with Gasteiger partial charge in [0.15, 0.2) is 0 Å². The summed E-state index contributed by atoms with van der Waals surface area (Å²) in [5.41, 5.74) is 2.36. The Hall–Kier alpha value is -1.26. The van der Waals surface area contributed by atoms with Gasteiger partial charge in [-0.25, -0.2) is 0 Å². The Morgan fingerprint density at radius 1 is 1.15 bits per heavy atom. The van der Waals surface area contributed by atoms with Gasteiger partial charge < -0.3 is 19.7 Å². The first-order chi connectivity index (χ1) is 9.69. The maximum Gasteiger partial charge on any atom is 0.142 e. The first-order valence-corrected chi connectivity index (χ1v) is 7.40. The molecule has 0 aliphatic carbocycles. The van der Waals surface area contributed by atoms with E-state index in [1.165, 1.54) is 5.56 Å². The Balaban J connectivity index is 2.48. The van der Waals surface area contributed by atoms with Crippen molar-refractivity contribution < 1.29 is 9.47 Å². The summed E-state index contributed by atoms with van der Waals surface area (Å²) in [5, 5.41) is 3.43. The maximum absolute atomic E-state index is 5.71. The molecule has 0 aliphatic heterocycles. The minimum absolute atomic E-state index is 0.687. The van der Waals surface area contributed by atoms with E-state index in [0.29, 0.717) is 6.61 Å². The lowest BCUT2D eigenvalue weighted by Crippen LogP contribution is -2.17. The fourth-order valence-electron chi connectivity index (χ4n) is 1.99. The molecule has 1 rings (SSSR count). The third kappa shape index (κ3) is 5.80. The molecular formula is C16H28N2O2. The minimum Gasteiger partial charge on any atom is -0.492 e. The van der Waals surface area contributed by atoms with E-state index in [4.69, 9.17) is 9.47 Å². The molecular weight excluding hydrogens is 252 g/mol. The van der Waals surface area contributed by atoms with E-state index < -0.39 is 0 Å². The highest BCUT2D eigenvalue weighted by Gasteiger charge is 2.06. The van der Waals surface area contributed by atoms with Crippen LogP contribution in [0, 0.1) is 0 Å². The van der Waals surface area contributed by atoms with Crippen molar-refractivity contribution in [1.29, 1.82) is 0 Å². The van der Waals surface area contributed by atoms with Gasteiger partial charge in [-0.05, 0) is 44.5 Å². The van der Waals surface area contributed by atoms with E-state index in [2.05, 4.69) is 28.4 Å². The highest BCUT2D eigenvalue weighted by atomic mass is 16.5. The predicted molar refractivity (Wildman–Crippen MR) is 84.8 cm³/mol. The third-order valence-electron chi connectivity index (χ3n) is 2.98. The van der Waals surface area contributed by atoms with Gasteiger partial charge >= 0.3 is 0 Å². The Morgan fingerprint density at radius 3 is 2.60 bits per heavy atom. The summed E-state index contributed by atoms with van der Waals surface area (Å²) in [6, 6.07) is 6.38. The van der Waals surface area contributed by atoms with Crippen LogP contribution in [-0.2, 0) is 11.3 Å². The van der Waals surface area contributed by atoms with Crippen molar-refractivity contribution in [2.45, 2.75) is 26.8 Å². The maximum atomic E-state index is 5.71. The largest absolute Gasteiger partial charge is 0.492 e. The fraction of sp³-hybridized carbons (Fsp3) is 0.625. The molecule has 1 aromatic carbocycles. The smallest absolute Gasteiger partial charge is 0.142 e. The molecule has 0 atom stereocenters. The van der Waals surface area contributed by atoms with Crippen LogP contribution in [-0.4, -0.2) is 40.5 Å². The highest BCUT2D eigenvalue weighted by molar-refractivity contribution is 5.58. The number of rotatable bonds is 10. The lowest BCUT2D eigenvalue weighted by Gasteiger charge is -2.18. The summed E-state index contributed by atoms with van der Waals surface area (Å²) in [6.45, 7) is 8.18. The second-order valence-electron chi connectivity index (χ2n) is 4.86.